The zero-order valence-corrected chi connectivity index (χ0v) is 17.7. The maximum Gasteiger partial charge on any atom is 0.478 e. The number of carboxylic acid groups (broad SMARTS) is 1. The maximum atomic E-state index is 12.7. The molecule has 0 rings (SSSR count). The van der Waals surface area contributed by atoms with E-state index in [1.807, 2.05) is 0 Å². The van der Waals surface area contributed by atoms with E-state index in [1.54, 1.807) is 41.5 Å². The average Bonchev–Trinajstić information content (AvgIpc) is 2.39. The summed E-state index contributed by atoms with van der Waals surface area (Å²) in [6.45, 7) is 9.73. The molecule has 0 aromatic rings. The Labute approximate surface area is 154 Å². The van der Waals surface area contributed by atoms with Gasteiger partial charge in [-0.1, -0.05) is 0 Å². The fourth-order valence-electron chi connectivity index (χ4n) is 1.48. The van der Waals surface area contributed by atoms with Crippen LogP contribution in [0.2, 0.25) is 0 Å². The Hall–Kier alpha value is -1.35. The minimum absolute atomic E-state index is 0.112. The predicted octanol–water partition coefficient (Wildman–Crippen LogP) is 3.38. The van der Waals surface area contributed by atoms with Crippen molar-refractivity contribution in [2.24, 2.45) is 0 Å². The molecule has 0 heterocycles. The van der Waals surface area contributed by atoms with Crippen molar-refractivity contribution < 1.29 is 37.6 Å². The van der Waals surface area contributed by atoms with Crippen LogP contribution in [0.3, 0.4) is 0 Å². The summed E-state index contributed by atoms with van der Waals surface area (Å²) in [5.74, 6) is 0. The Morgan fingerprint density at radius 2 is 1.35 bits per heavy atom. The van der Waals surface area contributed by atoms with E-state index in [-0.39, 0.29) is 13.1 Å². The molecule has 154 valence electrons. The molecule has 0 saturated carbocycles. The fraction of sp³-hybridized carbons (Fsp3) is 0.867. The molecule has 0 aromatic carbocycles. The molecule has 10 nitrogen and oxygen atoms in total. The van der Waals surface area contributed by atoms with Gasteiger partial charge in [0.05, 0.1) is 11.2 Å². The SMILES string of the molecule is CN(CCN(C)C(=O)OCOP(=O)(OC(C)(C)C)OC(C)(C)C)C(=O)O. The molecule has 0 bridgehead atoms. The van der Waals surface area contributed by atoms with Crippen molar-refractivity contribution in [2.45, 2.75) is 52.7 Å². The normalized spacial score (nSPS) is 12.6. The number of phosphoric ester groups is 1. The van der Waals surface area contributed by atoms with E-state index in [0.717, 1.165) is 4.90 Å². The predicted molar refractivity (Wildman–Crippen MR) is 95.0 cm³/mol. The Bertz CT molecular complexity index is 507. The number of rotatable bonds is 8. The van der Waals surface area contributed by atoms with Gasteiger partial charge >= 0.3 is 20.0 Å². The van der Waals surface area contributed by atoms with Crippen LogP contribution >= 0.6 is 7.82 Å². The zero-order valence-electron chi connectivity index (χ0n) is 16.8. The summed E-state index contributed by atoms with van der Waals surface area (Å²) in [7, 11) is -1.15. The van der Waals surface area contributed by atoms with Gasteiger partial charge in [-0.25, -0.2) is 18.7 Å². The summed E-state index contributed by atoms with van der Waals surface area (Å²) >= 11 is 0. The van der Waals surface area contributed by atoms with Crippen LogP contribution in [0, 0.1) is 0 Å². The standard InChI is InChI=1S/C15H31N2O8P/c1-14(2,3)24-26(21,25-15(4,5)6)23-11-22-13(20)17(8)10-9-16(7)12(18)19/h9-11H2,1-8H3,(H,18,19). The number of phosphoric acid groups is 1. The van der Waals surface area contributed by atoms with E-state index < -0.39 is 38.0 Å². The van der Waals surface area contributed by atoms with E-state index in [4.69, 9.17) is 23.4 Å². The molecule has 0 saturated heterocycles. The summed E-state index contributed by atoms with van der Waals surface area (Å²) in [6.07, 6.45) is -1.86. The van der Waals surface area contributed by atoms with Gasteiger partial charge < -0.3 is 19.6 Å². The second-order valence-corrected chi connectivity index (χ2v) is 9.16. The third kappa shape index (κ3) is 11.3. The van der Waals surface area contributed by atoms with Gasteiger partial charge in [-0.15, -0.1) is 0 Å². The molecule has 1 N–H and O–H groups in total. The summed E-state index contributed by atoms with van der Waals surface area (Å²) in [5, 5.41) is 8.76. The zero-order chi connectivity index (χ0) is 20.8. The van der Waals surface area contributed by atoms with Gasteiger partial charge in [0.2, 0.25) is 6.79 Å². The number of amides is 2. The van der Waals surface area contributed by atoms with Gasteiger partial charge in [-0.3, -0.25) is 9.05 Å². The Morgan fingerprint density at radius 1 is 0.923 bits per heavy atom. The number of nitrogens with zero attached hydrogens (tertiary/aromatic N) is 2. The van der Waals surface area contributed by atoms with Crippen LogP contribution in [0.5, 0.6) is 0 Å². The highest BCUT2D eigenvalue weighted by Crippen LogP contribution is 2.55. The number of carbonyl (C=O) groups is 2. The van der Waals surface area contributed by atoms with E-state index >= 15 is 0 Å². The number of likely N-dealkylation sites (N-methyl/N-ethyl adjacent to an activating group) is 2. The number of hydrogen-bond acceptors (Lipinski definition) is 7. The Morgan fingerprint density at radius 3 is 1.73 bits per heavy atom. The van der Waals surface area contributed by atoms with Crippen LogP contribution < -0.4 is 0 Å². The lowest BCUT2D eigenvalue weighted by atomic mass is 10.2. The van der Waals surface area contributed by atoms with Crippen molar-refractivity contribution in [3.63, 3.8) is 0 Å². The van der Waals surface area contributed by atoms with Crippen LogP contribution in [-0.4, -0.2) is 72.3 Å². The first-order valence-corrected chi connectivity index (χ1v) is 9.49. The topological polar surface area (TPSA) is 115 Å². The lowest BCUT2D eigenvalue weighted by Gasteiger charge is -2.30. The average molecular weight is 398 g/mol. The lowest BCUT2D eigenvalue weighted by molar-refractivity contribution is -0.0331. The molecule has 0 fully saturated rings. The molecule has 0 radical (unpaired) electrons. The highest BCUT2D eigenvalue weighted by atomic mass is 31.2. The second-order valence-electron chi connectivity index (χ2n) is 7.64. The second kappa shape index (κ2) is 9.55. The minimum atomic E-state index is -3.97. The van der Waals surface area contributed by atoms with Gasteiger partial charge in [-0.05, 0) is 41.5 Å². The number of hydrogen-bond donors (Lipinski definition) is 1. The van der Waals surface area contributed by atoms with Crippen molar-refractivity contribution in [1.82, 2.24) is 9.80 Å². The summed E-state index contributed by atoms with van der Waals surface area (Å²) in [4.78, 5) is 24.8. The molecule has 11 heteroatoms. The molecule has 0 aliphatic rings. The summed E-state index contributed by atoms with van der Waals surface area (Å²) in [6, 6.07) is 0. The molecule has 0 aromatic heterocycles. The van der Waals surface area contributed by atoms with E-state index in [9.17, 15) is 14.2 Å². The van der Waals surface area contributed by atoms with E-state index in [2.05, 4.69) is 0 Å². The highest BCUT2D eigenvalue weighted by Gasteiger charge is 2.37. The Kier molecular flexibility index (Phi) is 9.05. The molecule has 2 amide bonds. The van der Waals surface area contributed by atoms with Crippen LogP contribution in [0.1, 0.15) is 41.5 Å². The van der Waals surface area contributed by atoms with Crippen LogP contribution in [0.15, 0.2) is 0 Å². The molecule has 0 aliphatic heterocycles. The first-order valence-electron chi connectivity index (χ1n) is 8.03. The fourth-order valence-corrected chi connectivity index (χ4v) is 3.15. The quantitative estimate of drug-likeness (QED) is 0.489. The van der Waals surface area contributed by atoms with Crippen molar-refractivity contribution in [2.75, 3.05) is 34.0 Å². The highest BCUT2D eigenvalue weighted by molar-refractivity contribution is 7.48. The Balaban J connectivity index is 4.63. The molecular weight excluding hydrogens is 367 g/mol. The van der Waals surface area contributed by atoms with Gasteiger partial charge in [0.1, 0.15) is 0 Å². The largest absolute Gasteiger partial charge is 0.478 e. The van der Waals surface area contributed by atoms with Crippen molar-refractivity contribution in [3.05, 3.63) is 0 Å². The first kappa shape index (κ1) is 24.7. The molecule has 0 spiro atoms. The van der Waals surface area contributed by atoms with Gasteiger partial charge in [0.25, 0.3) is 0 Å². The van der Waals surface area contributed by atoms with Gasteiger partial charge in [0, 0.05) is 27.2 Å². The third-order valence-corrected chi connectivity index (χ3v) is 4.54. The molecular formula is C15H31N2O8P. The van der Waals surface area contributed by atoms with Crippen LogP contribution in [0.25, 0.3) is 0 Å². The van der Waals surface area contributed by atoms with Crippen molar-refractivity contribution in [3.8, 4) is 0 Å². The van der Waals surface area contributed by atoms with Crippen molar-refractivity contribution in [1.29, 1.82) is 0 Å². The monoisotopic (exact) mass is 398 g/mol. The molecule has 26 heavy (non-hydrogen) atoms. The number of carbonyl (C=O) groups excluding carboxylic acids is 1. The number of ether oxygens (including phenoxy) is 1. The van der Waals surface area contributed by atoms with E-state index in [0.29, 0.717) is 0 Å². The maximum absolute atomic E-state index is 12.7. The summed E-state index contributed by atoms with van der Waals surface area (Å²) in [5.41, 5.74) is -1.61. The van der Waals surface area contributed by atoms with Crippen molar-refractivity contribution >= 4 is 20.0 Å². The van der Waals surface area contributed by atoms with E-state index in [1.165, 1.54) is 19.0 Å². The lowest BCUT2D eigenvalue weighted by Crippen LogP contribution is -2.37. The smallest absolute Gasteiger partial charge is 0.465 e. The molecule has 0 unspecified atom stereocenters. The van der Waals surface area contributed by atoms with Crippen LogP contribution in [-0.2, 0) is 22.9 Å². The third-order valence-electron chi connectivity index (χ3n) is 2.57. The minimum Gasteiger partial charge on any atom is -0.465 e. The van der Waals surface area contributed by atoms with Gasteiger partial charge in [0.15, 0.2) is 0 Å². The first-order chi connectivity index (χ1) is 11.5. The molecule has 0 aliphatic carbocycles. The summed E-state index contributed by atoms with van der Waals surface area (Å²) < 4.78 is 33.5. The van der Waals surface area contributed by atoms with Gasteiger partial charge in [-0.2, -0.15) is 0 Å². The molecule has 0 atom stereocenters. The van der Waals surface area contributed by atoms with Crippen LogP contribution in [0.4, 0.5) is 9.59 Å².